The molecule has 0 radical (unpaired) electrons. The van der Waals surface area contributed by atoms with Gasteiger partial charge in [0.25, 0.3) is 0 Å². The van der Waals surface area contributed by atoms with Gasteiger partial charge >= 0.3 is 0 Å². The SMILES string of the molecule is CCc1cc(-c2ccc(-c3ccccc3-c3nn[nH]n3)cc2)c2cc(NC=O)ccc2n1.Cl. The van der Waals surface area contributed by atoms with Crippen LogP contribution in [0.2, 0.25) is 0 Å². The number of rotatable bonds is 6. The van der Waals surface area contributed by atoms with E-state index in [4.69, 9.17) is 4.98 Å². The van der Waals surface area contributed by atoms with Crippen LogP contribution in [0.5, 0.6) is 0 Å². The number of hydrogen-bond acceptors (Lipinski definition) is 5. The van der Waals surface area contributed by atoms with E-state index in [9.17, 15) is 4.79 Å². The number of carbonyl (C=O) groups is 1. The zero-order valence-corrected chi connectivity index (χ0v) is 18.6. The molecule has 0 aliphatic rings. The highest BCUT2D eigenvalue weighted by Gasteiger charge is 2.12. The lowest BCUT2D eigenvalue weighted by Crippen LogP contribution is -1.96. The predicted octanol–water partition coefficient (Wildman–Crippen LogP) is 5.30. The van der Waals surface area contributed by atoms with E-state index in [0.29, 0.717) is 12.2 Å². The van der Waals surface area contributed by atoms with Crippen molar-refractivity contribution in [3.63, 3.8) is 0 Å². The number of amides is 1. The van der Waals surface area contributed by atoms with E-state index >= 15 is 0 Å². The minimum Gasteiger partial charge on any atom is -0.329 e. The van der Waals surface area contributed by atoms with Crippen LogP contribution in [0.3, 0.4) is 0 Å². The van der Waals surface area contributed by atoms with E-state index in [1.807, 2.05) is 36.4 Å². The summed E-state index contributed by atoms with van der Waals surface area (Å²) in [5, 5.41) is 18.2. The molecule has 5 rings (SSSR count). The maximum atomic E-state index is 10.9. The van der Waals surface area contributed by atoms with Gasteiger partial charge < -0.3 is 5.32 Å². The summed E-state index contributed by atoms with van der Waals surface area (Å²) in [6.07, 6.45) is 1.53. The molecule has 2 N–H and O–H groups in total. The summed E-state index contributed by atoms with van der Waals surface area (Å²) in [4.78, 5) is 15.7. The molecular formula is C25H21ClN6O. The lowest BCUT2D eigenvalue weighted by Gasteiger charge is -2.12. The topological polar surface area (TPSA) is 96.5 Å². The number of aryl methyl sites for hydroxylation is 1. The Balaban J connectivity index is 0.00000259. The van der Waals surface area contributed by atoms with Crippen molar-refractivity contribution in [1.82, 2.24) is 25.6 Å². The normalized spacial score (nSPS) is 10.6. The highest BCUT2D eigenvalue weighted by Crippen LogP contribution is 2.34. The zero-order valence-electron chi connectivity index (χ0n) is 17.8. The first-order chi connectivity index (χ1) is 15.8. The van der Waals surface area contributed by atoms with Gasteiger partial charge in [0, 0.05) is 22.3 Å². The number of benzene rings is 3. The molecule has 0 saturated heterocycles. The van der Waals surface area contributed by atoms with Crippen LogP contribution in [0.1, 0.15) is 12.6 Å². The third kappa shape index (κ3) is 4.31. The molecule has 0 fully saturated rings. The van der Waals surface area contributed by atoms with Crippen molar-refractivity contribution < 1.29 is 4.79 Å². The first kappa shape index (κ1) is 22.1. The smallest absolute Gasteiger partial charge is 0.211 e. The van der Waals surface area contributed by atoms with Crippen LogP contribution in [-0.4, -0.2) is 32.0 Å². The molecule has 2 heterocycles. The highest BCUT2D eigenvalue weighted by atomic mass is 35.5. The van der Waals surface area contributed by atoms with Crippen molar-refractivity contribution in [2.45, 2.75) is 13.3 Å². The number of pyridine rings is 1. The van der Waals surface area contributed by atoms with Crippen molar-refractivity contribution in [1.29, 1.82) is 0 Å². The van der Waals surface area contributed by atoms with Crippen molar-refractivity contribution >= 4 is 35.4 Å². The fourth-order valence-electron chi connectivity index (χ4n) is 3.89. The molecule has 0 unspecified atom stereocenters. The molecule has 8 heteroatoms. The fraction of sp³-hybridized carbons (Fsp3) is 0.0800. The fourth-order valence-corrected chi connectivity index (χ4v) is 3.89. The van der Waals surface area contributed by atoms with Gasteiger partial charge in [-0.2, -0.15) is 5.21 Å². The molecule has 7 nitrogen and oxygen atoms in total. The number of anilines is 1. The zero-order chi connectivity index (χ0) is 21.9. The summed E-state index contributed by atoms with van der Waals surface area (Å²) in [7, 11) is 0. The standard InChI is InChI=1S/C25H20N6O.ClH/c1-2-18-13-22(23-14-19(26-15-32)11-12-24(23)27-18)17-9-7-16(8-10-17)20-5-3-4-6-21(20)25-28-30-31-29-25;/h3-15H,2H2,1H3,(H,26,32)(H,28,29,30,31);1H. The van der Waals surface area contributed by atoms with Crippen LogP contribution in [0, 0.1) is 0 Å². The third-order valence-corrected chi connectivity index (χ3v) is 5.47. The van der Waals surface area contributed by atoms with Crippen LogP contribution in [0.4, 0.5) is 5.69 Å². The summed E-state index contributed by atoms with van der Waals surface area (Å²) >= 11 is 0. The molecule has 0 bridgehead atoms. The Kier molecular flexibility index (Phi) is 6.42. The van der Waals surface area contributed by atoms with Crippen molar-refractivity contribution in [3.8, 4) is 33.6 Å². The van der Waals surface area contributed by atoms with Crippen LogP contribution in [0.25, 0.3) is 44.5 Å². The molecule has 0 aliphatic carbocycles. The Hall–Kier alpha value is -4.10. The summed E-state index contributed by atoms with van der Waals surface area (Å²) in [6.45, 7) is 2.10. The molecule has 5 aromatic rings. The lowest BCUT2D eigenvalue weighted by molar-refractivity contribution is -0.105. The number of fused-ring (bicyclic) bond motifs is 1. The molecule has 0 atom stereocenters. The predicted molar refractivity (Wildman–Crippen MR) is 132 cm³/mol. The monoisotopic (exact) mass is 456 g/mol. The van der Waals surface area contributed by atoms with E-state index in [2.05, 4.69) is 69.3 Å². The van der Waals surface area contributed by atoms with Gasteiger partial charge in [0.2, 0.25) is 12.2 Å². The van der Waals surface area contributed by atoms with Gasteiger partial charge in [-0.3, -0.25) is 9.78 Å². The Labute approximate surface area is 196 Å². The number of halogens is 1. The van der Waals surface area contributed by atoms with E-state index in [1.54, 1.807) is 0 Å². The van der Waals surface area contributed by atoms with Crippen LogP contribution in [-0.2, 0) is 11.2 Å². The van der Waals surface area contributed by atoms with Crippen molar-refractivity contribution in [2.24, 2.45) is 0 Å². The number of aromatic amines is 1. The van der Waals surface area contributed by atoms with E-state index < -0.39 is 0 Å². The average molecular weight is 457 g/mol. The number of nitrogens with one attached hydrogen (secondary N) is 2. The van der Waals surface area contributed by atoms with Gasteiger partial charge in [-0.05, 0) is 58.2 Å². The van der Waals surface area contributed by atoms with Crippen LogP contribution in [0.15, 0.2) is 72.8 Å². The Bertz CT molecular complexity index is 1400. The molecule has 1 amide bonds. The summed E-state index contributed by atoms with van der Waals surface area (Å²) in [5.74, 6) is 0.563. The number of tetrazole rings is 1. The lowest BCUT2D eigenvalue weighted by atomic mass is 9.95. The Morgan fingerprint density at radius 1 is 0.909 bits per heavy atom. The first-order valence-corrected chi connectivity index (χ1v) is 10.3. The third-order valence-electron chi connectivity index (χ3n) is 5.47. The summed E-state index contributed by atoms with van der Waals surface area (Å²) in [6, 6.07) is 24.3. The molecule has 0 spiro atoms. The summed E-state index contributed by atoms with van der Waals surface area (Å²) < 4.78 is 0. The van der Waals surface area contributed by atoms with Gasteiger partial charge in [-0.15, -0.1) is 22.6 Å². The van der Waals surface area contributed by atoms with E-state index in [-0.39, 0.29) is 12.4 Å². The first-order valence-electron chi connectivity index (χ1n) is 10.3. The maximum absolute atomic E-state index is 10.9. The van der Waals surface area contributed by atoms with Crippen molar-refractivity contribution in [3.05, 3.63) is 78.5 Å². The second-order valence-electron chi connectivity index (χ2n) is 7.37. The van der Waals surface area contributed by atoms with Crippen LogP contribution >= 0.6 is 12.4 Å². The Morgan fingerprint density at radius 3 is 2.30 bits per heavy atom. The van der Waals surface area contributed by atoms with E-state index in [1.165, 1.54) is 0 Å². The largest absolute Gasteiger partial charge is 0.329 e. The molecule has 3 aromatic carbocycles. The highest BCUT2D eigenvalue weighted by molar-refractivity contribution is 5.97. The number of nitrogens with zero attached hydrogens (tertiary/aromatic N) is 4. The van der Waals surface area contributed by atoms with Crippen LogP contribution < -0.4 is 5.32 Å². The number of aromatic nitrogens is 5. The number of carbonyl (C=O) groups excluding carboxylic acids is 1. The van der Waals surface area contributed by atoms with E-state index in [0.717, 1.165) is 56.5 Å². The number of hydrogen-bond donors (Lipinski definition) is 2. The van der Waals surface area contributed by atoms with Gasteiger partial charge in [0.05, 0.1) is 5.52 Å². The van der Waals surface area contributed by atoms with Gasteiger partial charge in [-0.25, -0.2) is 0 Å². The Morgan fingerprint density at radius 2 is 1.64 bits per heavy atom. The number of H-pyrrole nitrogens is 1. The van der Waals surface area contributed by atoms with Gasteiger partial charge in [0.1, 0.15) is 0 Å². The van der Waals surface area contributed by atoms with Gasteiger partial charge in [-0.1, -0.05) is 55.5 Å². The minimum atomic E-state index is 0. The average Bonchev–Trinajstić information content (AvgIpc) is 3.39. The second kappa shape index (κ2) is 9.58. The molecule has 0 aliphatic heterocycles. The van der Waals surface area contributed by atoms with Gasteiger partial charge in [0.15, 0.2) is 0 Å². The minimum absolute atomic E-state index is 0. The molecule has 164 valence electrons. The molecule has 33 heavy (non-hydrogen) atoms. The molecule has 2 aromatic heterocycles. The summed E-state index contributed by atoms with van der Waals surface area (Å²) in [5.41, 5.74) is 7.85. The molecular weight excluding hydrogens is 436 g/mol. The van der Waals surface area contributed by atoms with Crippen molar-refractivity contribution in [2.75, 3.05) is 5.32 Å². The maximum Gasteiger partial charge on any atom is 0.211 e. The molecule has 0 saturated carbocycles. The quantitative estimate of drug-likeness (QED) is 0.338. The second-order valence-corrected chi connectivity index (χ2v) is 7.37.